The molecule has 1 aromatic rings. The minimum absolute atomic E-state index is 0.320. The Labute approximate surface area is 104 Å². The van der Waals surface area contributed by atoms with E-state index in [-0.39, 0.29) is 0 Å². The molecule has 1 heterocycles. The topological polar surface area (TPSA) is 12.0 Å². The molecule has 1 N–H and O–H groups in total. The van der Waals surface area contributed by atoms with Gasteiger partial charge in [-0.25, -0.2) is 0 Å². The molecule has 1 unspecified atom stereocenters. The quantitative estimate of drug-likeness (QED) is 0.769. The standard InChI is InChI=1S/C14H25NS/c1-6-9-15-13(14(4,5)7-2)12-8-10-16-11(12)3/h8,10,13,15H,6-7,9H2,1-5H3. The maximum absolute atomic E-state index is 3.71. The van der Waals surface area contributed by atoms with Gasteiger partial charge in [0.1, 0.15) is 0 Å². The van der Waals surface area contributed by atoms with Crippen molar-refractivity contribution >= 4 is 11.3 Å². The molecule has 92 valence electrons. The van der Waals surface area contributed by atoms with E-state index in [0.29, 0.717) is 11.5 Å². The molecule has 0 saturated carbocycles. The van der Waals surface area contributed by atoms with Crippen molar-refractivity contribution in [1.82, 2.24) is 5.32 Å². The Morgan fingerprint density at radius 3 is 2.50 bits per heavy atom. The Bertz CT molecular complexity index is 314. The van der Waals surface area contributed by atoms with Crippen LogP contribution in [0.4, 0.5) is 0 Å². The minimum Gasteiger partial charge on any atom is -0.309 e. The number of aryl methyl sites for hydroxylation is 1. The lowest BCUT2D eigenvalue weighted by Crippen LogP contribution is -2.34. The van der Waals surface area contributed by atoms with Crippen LogP contribution >= 0.6 is 11.3 Å². The van der Waals surface area contributed by atoms with Gasteiger partial charge in [-0.2, -0.15) is 0 Å². The normalized spacial score (nSPS) is 14.1. The summed E-state index contributed by atoms with van der Waals surface area (Å²) in [7, 11) is 0. The SMILES string of the molecule is CCCNC(c1ccsc1C)C(C)(C)CC. The van der Waals surface area contributed by atoms with Gasteiger partial charge in [-0.1, -0.05) is 27.7 Å². The summed E-state index contributed by atoms with van der Waals surface area (Å²) in [6.07, 6.45) is 2.39. The molecule has 1 aromatic heterocycles. The van der Waals surface area contributed by atoms with Crippen LogP contribution in [-0.2, 0) is 0 Å². The second-order valence-electron chi connectivity index (χ2n) is 5.16. The molecule has 0 bridgehead atoms. The fourth-order valence-electron chi connectivity index (χ4n) is 1.99. The molecular formula is C14H25NS. The summed E-state index contributed by atoms with van der Waals surface area (Å²) < 4.78 is 0. The second kappa shape index (κ2) is 5.83. The van der Waals surface area contributed by atoms with Gasteiger partial charge in [-0.3, -0.25) is 0 Å². The summed E-state index contributed by atoms with van der Waals surface area (Å²) >= 11 is 1.85. The number of nitrogens with one attached hydrogen (secondary N) is 1. The highest BCUT2D eigenvalue weighted by Gasteiger charge is 2.29. The molecule has 0 aliphatic carbocycles. The van der Waals surface area contributed by atoms with Gasteiger partial charge in [0.25, 0.3) is 0 Å². The van der Waals surface area contributed by atoms with Gasteiger partial charge in [-0.05, 0) is 48.7 Å². The van der Waals surface area contributed by atoms with Gasteiger partial charge in [0.2, 0.25) is 0 Å². The van der Waals surface area contributed by atoms with Gasteiger partial charge < -0.3 is 5.32 Å². The van der Waals surface area contributed by atoms with Crippen LogP contribution in [0.3, 0.4) is 0 Å². The van der Waals surface area contributed by atoms with Crippen molar-refractivity contribution in [3.63, 3.8) is 0 Å². The molecule has 0 aliphatic heterocycles. The zero-order valence-electron chi connectivity index (χ0n) is 11.3. The lowest BCUT2D eigenvalue weighted by atomic mass is 9.78. The number of hydrogen-bond acceptors (Lipinski definition) is 2. The van der Waals surface area contributed by atoms with Crippen molar-refractivity contribution in [3.8, 4) is 0 Å². The predicted octanol–water partition coefficient (Wildman–Crippen LogP) is 4.53. The molecule has 0 aromatic carbocycles. The number of rotatable bonds is 6. The first-order valence-corrected chi connectivity index (χ1v) is 7.18. The van der Waals surface area contributed by atoms with Gasteiger partial charge in [-0.15, -0.1) is 11.3 Å². The van der Waals surface area contributed by atoms with E-state index in [4.69, 9.17) is 0 Å². The fraction of sp³-hybridized carbons (Fsp3) is 0.714. The smallest absolute Gasteiger partial charge is 0.0382 e. The van der Waals surface area contributed by atoms with Crippen molar-refractivity contribution in [2.45, 2.75) is 53.5 Å². The van der Waals surface area contributed by atoms with E-state index >= 15 is 0 Å². The van der Waals surface area contributed by atoms with Crippen LogP contribution in [0.15, 0.2) is 11.4 Å². The second-order valence-corrected chi connectivity index (χ2v) is 6.28. The van der Waals surface area contributed by atoms with Crippen LogP contribution < -0.4 is 5.32 Å². The zero-order valence-corrected chi connectivity index (χ0v) is 12.1. The van der Waals surface area contributed by atoms with E-state index in [1.54, 1.807) is 0 Å². The summed E-state index contributed by atoms with van der Waals surface area (Å²) in [6, 6.07) is 2.77. The van der Waals surface area contributed by atoms with E-state index in [0.717, 1.165) is 6.54 Å². The Morgan fingerprint density at radius 2 is 2.06 bits per heavy atom. The van der Waals surface area contributed by atoms with Crippen molar-refractivity contribution < 1.29 is 0 Å². The highest BCUT2D eigenvalue weighted by atomic mass is 32.1. The van der Waals surface area contributed by atoms with Crippen molar-refractivity contribution in [2.24, 2.45) is 5.41 Å². The molecule has 0 fully saturated rings. The summed E-state index contributed by atoms with van der Waals surface area (Å²) in [5, 5.41) is 5.92. The van der Waals surface area contributed by atoms with Crippen LogP contribution in [-0.4, -0.2) is 6.54 Å². The van der Waals surface area contributed by atoms with Crippen LogP contribution in [0, 0.1) is 12.3 Å². The van der Waals surface area contributed by atoms with Gasteiger partial charge >= 0.3 is 0 Å². The molecule has 16 heavy (non-hydrogen) atoms. The molecule has 0 saturated heterocycles. The summed E-state index contributed by atoms with van der Waals surface area (Å²) in [5.41, 5.74) is 1.81. The summed E-state index contributed by atoms with van der Waals surface area (Å²) in [4.78, 5) is 1.45. The molecule has 0 spiro atoms. The molecule has 2 heteroatoms. The van der Waals surface area contributed by atoms with Crippen molar-refractivity contribution in [1.29, 1.82) is 0 Å². The number of thiophene rings is 1. The third-order valence-electron chi connectivity index (χ3n) is 3.50. The van der Waals surface area contributed by atoms with E-state index < -0.39 is 0 Å². The van der Waals surface area contributed by atoms with Crippen molar-refractivity contribution in [3.05, 3.63) is 21.9 Å². The highest BCUT2D eigenvalue weighted by Crippen LogP contribution is 2.38. The third-order valence-corrected chi connectivity index (χ3v) is 4.36. The van der Waals surface area contributed by atoms with E-state index in [1.807, 2.05) is 11.3 Å². The lowest BCUT2D eigenvalue weighted by molar-refractivity contribution is 0.234. The first-order chi connectivity index (χ1) is 7.53. The zero-order chi connectivity index (χ0) is 12.2. The molecular weight excluding hydrogens is 214 g/mol. The molecule has 1 nitrogen and oxygen atoms in total. The fourth-order valence-corrected chi connectivity index (χ4v) is 2.74. The lowest BCUT2D eigenvalue weighted by Gasteiger charge is -2.34. The first-order valence-electron chi connectivity index (χ1n) is 6.30. The van der Waals surface area contributed by atoms with E-state index in [2.05, 4.69) is 51.4 Å². The van der Waals surface area contributed by atoms with Crippen molar-refractivity contribution in [2.75, 3.05) is 6.54 Å². The Morgan fingerprint density at radius 1 is 1.38 bits per heavy atom. The van der Waals surface area contributed by atoms with Gasteiger partial charge in [0.05, 0.1) is 0 Å². The Hall–Kier alpha value is -0.340. The summed E-state index contributed by atoms with van der Waals surface area (Å²) in [6.45, 7) is 12.6. The minimum atomic E-state index is 0.320. The largest absolute Gasteiger partial charge is 0.309 e. The van der Waals surface area contributed by atoms with E-state index in [9.17, 15) is 0 Å². The van der Waals surface area contributed by atoms with E-state index in [1.165, 1.54) is 23.3 Å². The van der Waals surface area contributed by atoms with Crippen LogP contribution in [0.25, 0.3) is 0 Å². The van der Waals surface area contributed by atoms with Crippen LogP contribution in [0.5, 0.6) is 0 Å². The molecule has 1 atom stereocenters. The molecule has 0 amide bonds. The third kappa shape index (κ3) is 3.08. The van der Waals surface area contributed by atoms with Gasteiger partial charge in [0.15, 0.2) is 0 Å². The molecule has 0 aliphatic rings. The Kier molecular flexibility index (Phi) is 5.00. The maximum Gasteiger partial charge on any atom is 0.0382 e. The average molecular weight is 239 g/mol. The number of hydrogen-bond donors (Lipinski definition) is 1. The molecule has 0 radical (unpaired) electrons. The maximum atomic E-state index is 3.71. The van der Waals surface area contributed by atoms with Crippen LogP contribution in [0.2, 0.25) is 0 Å². The highest BCUT2D eigenvalue weighted by molar-refractivity contribution is 7.10. The van der Waals surface area contributed by atoms with Crippen LogP contribution in [0.1, 0.15) is 57.0 Å². The van der Waals surface area contributed by atoms with Gasteiger partial charge in [0, 0.05) is 10.9 Å². The molecule has 1 rings (SSSR count). The predicted molar refractivity (Wildman–Crippen MR) is 74.2 cm³/mol. The first kappa shape index (κ1) is 13.7. The monoisotopic (exact) mass is 239 g/mol. The Balaban J connectivity index is 2.92. The average Bonchev–Trinajstić information content (AvgIpc) is 2.65. The summed E-state index contributed by atoms with van der Waals surface area (Å²) in [5.74, 6) is 0.